The lowest BCUT2D eigenvalue weighted by molar-refractivity contribution is 0.586. The highest BCUT2D eigenvalue weighted by atomic mass is 35.5. The Kier molecular flexibility index (Phi) is 4.06. The number of benzene rings is 1. The smallest absolute Gasteiger partial charge is 0.193 e. The molecule has 3 nitrogen and oxygen atoms in total. The van der Waals surface area contributed by atoms with Crippen molar-refractivity contribution in [1.29, 1.82) is 0 Å². The molecule has 0 radical (unpaired) electrons. The number of nitrogens with zero attached hydrogens (tertiary/aromatic N) is 1. The van der Waals surface area contributed by atoms with Crippen molar-refractivity contribution in [3.63, 3.8) is 0 Å². The van der Waals surface area contributed by atoms with E-state index < -0.39 is 11.6 Å². The number of anilines is 1. The van der Waals surface area contributed by atoms with E-state index in [1.165, 1.54) is 0 Å². The van der Waals surface area contributed by atoms with Crippen LogP contribution in [0.1, 0.15) is 13.8 Å². The van der Waals surface area contributed by atoms with Crippen molar-refractivity contribution < 1.29 is 8.78 Å². The molecule has 0 bridgehead atoms. The molecule has 1 aromatic rings. The molecular formula is C10H12ClF2N3. The van der Waals surface area contributed by atoms with E-state index in [1.807, 2.05) is 13.8 Å². The summed E-state index contributed by atoms with van der Waals surface area (Å²) in [5.74, 6) is -1.53. The molecule has 1 rings (SSSR count). The fraction of sp³-hybridized carbons (Fsp3) is 0.300. The molecule has 0 saturated carbocycles. The molecule has 1 aromatic carbocycles. The molecule has 0 saturated heterocycles. The zero-order valence-corrected chi connectivity index (χ0v) is 9.65. The third-order valence-corrected chi connectivity index (χ3v) is 1.96. The van der Waals surface area contributed by atoms with Gasteiger partial charge in [-0.25, -0.2) is 8.78 Å². The summed E-state index contributed by atoms with van der Waals surface area (Å²) in [7, 11) is 0. The minimum absolute atomic E-state index is 0.0300. The van der Waals surface area contributed by atoms with Crippen LogP contribution < -0.4 is 11.1 Å². The minimum atomic E-state index is -0.813. The van der Waals surface area contributed by atoms with Gasteiger partial charge in [0, 0.05) is 12.1 Å². The van der Waals surface area contributed by atoms with Gasteiger partial charge >= 0.3 is 0 Å². The van der Waals surface area contributed by atoms with Crippen LogP contribution in [-0.4, -0.2) is 12.0 Å². The highest BCUT2D eigenvalue weighted by Gasteiger charge is 2.10. The van der Waals surface area contributed by atoms with Crippen LogP contribution in [0.25, 0.3) is 0 Å². The summed E-state index contributed by atoms with van der Waals surface area (Å²) in [6.45, 7) is 3.63. The van der Waals surface area contributed by atoms with Gasteiger partial charge in [-0.1, -0.05) is 11.6 Å². The van der Waals surface area contributed by atoms with E-state index in [1.54, 1.807) is 0 Å². The van der Waals surface area contributed by atoms with E-state index in [0.29, 0.717) is 0 Å². The number of aliphatic imine (C=N–C) groups is 1. The molecule has 0 heterocycles. The van der Waals surface area contributed by atoms with Crippen LogP contribution in [0.2, 0.25) is 5.02 Å². The number of guanidine groups is 1. The molecule has 6 heteroatoms. The van der Waals surface area contributed by atoms with Crippen molar-refractivity contribution in [2.24, 2.45) is 10.7 Å². The Hall–Kier alpha value is -1.36. The van der Waals surface area contributed by atoms with Gasteiger partial charge in [-0.15, -0.1) is 0 Å². The molecule has 0 amide bonds. The summed E-state index contributed by atoms with van der Waals surface area (Å²) in [5.41, 5.74) is 5.42. The molecule has 0 aromatic heterocycles. The third kappa shape index (κ3) is 3.34. The van der Waals surface area contributed by atoms with Crippen molar-refractivity contribution in [1.82, 2.24) is 0 Å². The van der Waals surface area contributed by atoms with Crippen molar-refractivity contribution in [3.05, 3.63) is 28.8 Å². The second-order valence-corrected chi connectivity index (χ2v) is 3.88. The van der Waals surface area contributed by atoms with Crippen LogP contribution in [0.3, 0.4) is 0 Å². The second kappa shape index (κ2) is 5.12. The van der Waals surface area contributed by atoms with E-state index in [-0.39, 0.29) is 22.7 Å². The highest BCUT2D eigenvalue weighted by Crippen LogP contribution is 2.26. The fourth-order valence-corrected chi connectivity index (χ4v) is 1.34. The number of rotatable bonds is 2. The van der Waals surface area contributed by atoms with Gasteiger partial charge in [-0.3, -0.25) is 4.99 Å². The van der Waals surface area contributed by atoms with Gasteiger partial charge in [0.15, 0.2) is 11.8 Å². The summed E-state index contributed by atoms with van der Waals surface area (Å²) in [6, 6.07) is 1.68. The van der Waals surface area contributed by atoms with Gasteiger partial charge in [0.2, 0.25) is 0 Å². The summed E-state index contributed by atoms with van der Waals surface area (Å²) in [6.07, 6.45) is 0. The first kappa shape index (κ1) is 12.7. The molecule has 0 aliphatic carbocycles. The maximum Gasteiger partial charge on any atom is 0.193 e. The third-order valence-electron chi connectivity index (χ3n) is 1.66. The maximum absolute atomic E-state index is 13.3. The molecular weight excluding hydrogens is 236 g/mol. The topological polar surface area (TPSA) is 50.4 Å². The Bertz CT molecular complexity index is 396. The van der Waals surface area contributed by atoms with Crippen LogP contribution in [0.4, 0.5) is 14.5 Å². The Morgan fingerprint density at radius 1 is 1.44 bits per heavy atom. The highest BCUT2D eigenvalue weighted by molar-refractivity contribution is 6.33. The molecule has 0 aliphatic heterocycles. The molecule has 0 aliphatic rings. The van der Waals surface area contributed by atoms with Crippen LogP contribution in [0, 0.1) is 11.6 Å². The monoisotopic (exact) mass is 247 g/mol. The zero-order valence-electron chi connectivity index (χ0n) is 8.89. The first-order chi connectivity index (χ1) is 7.40. The molecule has 3 N–H and O–H groups in total. The van der Waals surface area contributed by atoms with E-state index in [0.717, 1.165) is 12.1 Å². The summed E-state index contributed by atoms with van der Waals surface area (Å²) < 4.78 is 26.1. The zero-order chi connectivity index (χ0) is 12.3. The van der Waals surface area contributed by atoms with Gasteiger partial charge < -0.3 is 11.1 Å². The Labute approximate surface area is 97.3 Å². The number of nitrogens with one attached hydrogen (secondary N) is 1. The SMILES string of the molecule is CC(C)N=C(N)Nc1c(F)cc(F)cc1Cl. The number of hydrogen-bond donors (Lipinski definition) is 2. The first-order valence-corrected chi connectivity index (χ1v) is 5.02. The maximum atomic E-state index is 13.3. The molecule has 0 unspecified atom stereocenters. The van der Waals surface area contributed by atoms with Crippen LogP contribution in [0.15, 0.2) is 17.1 Å². The number of hydrogen-bond acceptors (Lipinski definition) is 1. The predicted octanol–water partition coefficient (Wildman–Crippen LogP) is 2.75. The quantitative estimate of drug-likeness (QED) is 0.624. The average molecular weight is 248 g/mol. The summed E-state index contributed by atoms with van der Waals surface area (Å²) in [5, 5.41) is 2.41. The van der Waals surface area contributed by atoms with Crippen molar-refractivity contribution in [2.45, 2.75) is 19.9 Å². The molecule has 0 fully saturated rings. The molecule has 88 valence electrons. The Balaban J connectivity index is 2.98. The van der Waals surface area contributed by atoms with Crippen molar-refractivity contribution in [2.75, 3.05) is 5.32 Å². The van der Waals surface area contributed by atoms with E-state index in [2.05, 4.69) is 10.3 Å². The Morgan fingerprint density at radius 3 is 2.56 bits per heavy atom. The fourth-order valence-electron chi connectivity index (χ4n) is 1.10. The molecule has 0 spiro atoms. The van der Waals surface area contributed by atoms with Crippen LogP contribution in [0.5, 0.6) is 0 Å². The summed E-state index contributed by atoms with van der Waals surface area (Å²) in [4.78, 5) is 3.94. The standard InChI is InChI=1S/C10H12ClF2N3/c1-5(2)15-10(14)16-9-7(11)3-6(12)4-8(9)13/h3-5H,1-2H3,(H3,14,15,16). The normalized spacial score (nSPS) is 12.0. The van der Waals surface area contributed by atoms with Crippen molar-refractivity contribution in [3.8, 4) is 0 Å². The van der Waals surface area contributed by atoms with Crippen molar-refractivity contribution >= 4 is 23.2 Å². The van der Waals surface area contributed by atoms with E-state index in [4.69, 9.17) is 17.3 Å². The van der Waals surface area contributed by atoms with Gasteiger partial charge in [0.05, 0.1) is 10.7 Å². The second-order valence-electron chi connectivity index (χ2n) is 3.48. The predicted molar refractivity (Wildman–Crippen MR) is 61.7 cm³/mol. The first-order valence-electron chi connectivity index (χ1n) is 4.65. The van der Waals surface area contributed by atoms with Gasteiger partial charge in [0.25, 0.3) is 0 Å². The number of halogens is 3. The number of nitrogens with two attached hydrogens (primary N) is 1. The van der Waals surface area contributed by atoms with Crippen LogP contribution >= 0.6 is 11.6 Å². The lowest BCUT2D eigenvalue weighted by Gasteiger charge is -2.09. The van der Waals surface area contributed by atoms with Gasteiger partial charge in [0.1, 0.15) is 5.82 Å². The molecule has 0 atom stereocenters. The lowest BCUT2D eigenvalue weighted by Crippen LogP contribution is -2.24. The van der Waals surface area contributed by atoms with E-state index >= 15 is 0 Å². The molecule has 16 heavy (non-hydrogen) atoms. The minimum Gasteiger partial charge on any atom is -0.370 e. The lowest BCUT2D eigenvalue weighted by atomic mass is 10.3. The largest absolute Gasteiger partial charge is 0.370 e. The van der Waals surface area contributed by atoms with Gasteiger partial charge in [-0.2, -0.15) is 0 Å². The average Bonchev–Trinajstić information content (AvgIpc) is 2.09. The van der Waals surface area contributed by atoms with Gasteiger partial charge in [-0.05, 0) is 19.9 Å². The van der Waals surface area contributed by atoms with Crippen LogP contribution in [-0.2, 0) is 0 Å². The summed E-state index contributed by atoms with van der Waals surface area (Å²) >= 11 is 5.66. The Morgan fingerprint density at radius 2 is 2.06 bits per heavy atom. The van der Waals surface area contributed by atoms with E-state index in [9.17, 15) is 8.78 Å².